The minimum absolute atomic E-state index is 0.00704. The van der Waals surface area contributed by atoms with Crippen LogP contribution in [0.1, 0.15) is 24.5 Å². The van der Waals surface area contributed by atoms with Crippen LogP contribution in [0.5, 0.6) is 0 Å². The van der Waals surface area contributed by atoms with E-state index in [0.29, 0.717) is 12.0 Å². The van der Waals surface area contributed by atoms with E-state index in [0.717, 1.165) is 5.56 Å². The number of aliphatic imine (C=N–C) groups is 1. The normalized spacial score (nSPS) is 27.0. The van der Waals surface area contributed by atoms with E-state index >= 15 is 0 Å². The zero-order chi connectivity index (χ0) is 13.3. The van der Waals surface area contributed by atoms with Crippen molar-refractivity contribution in [1.29, 1.82) is 0 Å². The molecule has 1 aromatic rings. The van der Waals surface area contributed by atoms with Gasteiger partial charge in [0.15, 0.2) is 5.54 Å². The first-order valence-electron chi connectivity index (χ1n) is 5.73. The van der Waals surface area contributed by atoms with Gasteiger partial charge in [0.05, 0.1) is 0 Å². The minimum atomic E-state index is -1.07. The fourth-order valence-electron chi connectivity index (χ4n) is 2.22. The van der Waals surface area contributed by atoms with Gasteiger partial charge in [-0.15, -0.1) is 6.42 Å². The van der Waals surface area contributed by atoms with Gasteiger partial charge in [-0.25, -0.2) is 9.38 Å². The second-order valence-electron chi connectivity index (χ2n) is 4.57. The van der Waals surface area contributed by atoms with E-state index in [1.165, 1.54) is 6.07 Å². The molecule has 3 nitrogen and oxygen atoms in total. The van der Waals surface area contributed by atoms with E-state index in [9.17, 15) is 4.39 Å². The number of benzene rings is 1. The molecule has 1 aromatic carbocycles. The summed E-state index contributed by atoms with van der Waals surface area (Å²) >= 11 is 0. The molecule has 2 rings (SSSR count). The number of halogens is 1. The Labute approximate surface area is 106 Å². The summed E-state index contributed by atoms with van der Waals surface area (Å²) in [5.74, 6) is 2.20. The molecule has 18 heavy (non-hydrogen) atoms. The summed E-state index contributed by atoms with van der Waals surface area (Å²) in [5.41, 5.74) is 5.84. The molecule has 94 valence electrons. The maximum absolute atomic E-state index is 14.0. The Bertz CT molecular complexity index is 547. The van der Waals surface area contributed by atoms with Crippen LogP contribution < -0.4 is 5.73 Å². The number of nitrogens with zero attached hydrogens (tertiary/aromatic N) is 1. The molecule has 2 N–H and O–H groups in total. The molecule has 4 heteroatoms. The van der Waals surface area contributed by atoms with Crippen LogP contribution in [0.15, 0.2) is 23.2 Å². The molecule has 0 aliphatic carbocycles. The molecular formula is C14H15FN2O. The van der Waals surface area contributed by atoms with E-state index < -0.39 is 5.54 Å². The van der Waals surface area contributed by atoms with Crippen LogP contribution in [0, 0.1) is 25.1 Å². The van der Waals surface area contributed by atoms with Crippen LogP contribution >= 0.6 is 0 Å². The highest BCUT2D eigenvalue weighted by atomic mass is 19.1. The molecule has 0 saturated heterocycles. The Kier molecular flexibility index (Phi) is 3.00. The fourth-order valence-corrected chi connectivity index (χ4v) is 2.22. The fraction of sp³-hybridized carbons (Fsp3) is 0.357. The van der Waals surface area contributed by atoms with Crippen molar-refractivity contribution in [3.63, 3.8) is 0 Å². The van der Waals surface area contributed by atoms with Crippen LogP contribution in [-0.4, -0.2) is 12.1 Å². The van der Waals surface area contributed by atoms with Crippen LogP contribution in [0.4, 0.5) is 4.39 Å². The molecule has 1 aliphatic rings. The lowest BCUT2D eigenvalue weighted by Crippen LogP contribution is -2.39. The van der Waals surface area contributed by atoms with Gasteiger partial charge in [0.1, 0.15) is 11.9 Å². The standard InChI is InChI=1S/C14H15FN2O/c1-4-14(8-10(3)18-13(16)17-14)11-7-9(2)5-6-12(11)15/h1,5-7,10H,8H2,2-3H3,(H2,16,17). The van der Waals surface area contributed by atoms with Crippen LogP contribution in [0.25, 0.3) is 0 Å². The maximum Gasteiger partial charge on any atom is 0.284 e. The van der Waals surface area contributed by atoms with Gasteiger partial charge in [0, 0.05) is 12.0 Å². The van der Waals surface area contributed by atoms with Gasteiger partial charge in [-0.3, -0.25) is 0 Å². The predicted octanol–water partition coefficient (Wildman–Crippen LogP) is 2.09. The summed E-state index contributed by atoms with van der Waals surface area (Å²) in [7, 11) is 0. The second kappa shape index (κ2) is 4.34. The third-order valence-corrected chi connectivity index (χ3v) is 3.01. The number of nitrogens with two attached hydrogens (primary N) is 1. The summed E-state index contributed by atoms with van der Waals surface area (Å²) in [4.78, 5) is 4.15. The molecule has 0 radical (unpaired) electrons. The van der Waals surface area contributed by atoms with Crippen molar-refractivity contribution in [2.24, 2.45) is 10.7 Å². The smallest absolute Gasteiger partial charge is 0.284 e. The number of aryl methyl sites for hydroxylation is 1. The summed E-state index contributed by atoms with van der Waals surface area (Å²) in [6.07, 6.45) is 5.79. The molecule has 0 aromatic heterocycles. The average Bonchev–Trinajstić information content (AvgIpc) is 2.31. The third-order valence-electron chi connectivity index (χ3n) is 3.01. The summed E-state index contributed by atoms with van der Waals surface area (Å²) in [6.45, 7) is 3.71. The monoisotopic (exact) mass is 246 g/mol. The lowest BCUT2D eigenvalue weighted by Gasteiger charge is -2.32. The molecule has 0 saturated carbocycles. The first-order valence-corrected chi connectivity index (χ1v) is 5.73. The highest BCUT2D eigenvalue weighted by Crippen LogP contribution is 2.36. The molecule has 2 unspecified atom stereocenters. The van der Waals surface area contributed by atoms with Crippen molar-refractivity contribution < 1.29 is 9.13 Å². The second-order valence-corrected chi connectivity index (χ2v) is 4.57. The number of hydrogen-bond donors (Lipinski definition) is 1. The Morgan fingerprint density at radius 3 is 2.94 bits per heavy atom. The molecule has 0 fully saturated rings. The van der Waals surface area contributed by atoms with Gasteiger partial charge in [-0.1, -0.05) is 17.6 Å². The van der Waals surface area contributed by atoms with Gasteiger partial charge in [-0.2, -0.15) is 0 Å². The average molecular weight is 246 g/mol. The molecule has 2 atom stereocenters. The lowest BCUT2D eigenvalue weighted by molar-refractivity contribution is 0.146. The quantitative estimate of drug-likeness (QED) is 0.771. The van der Waals surface area contributed by atoms with Crippen molar-refractivity contribution >= 4 is 6.02 Å². The van der Waals surface area contributed by atoms with Gasteiger partial charge in [-0.05, 0) is 26.0 Å². The Morgan fingerprint density at radius 1 is 1.61 bits per heavy atom. The number of rotatable bonds is 1. The molecule has 0 bridgehead atoms. The van der Waals surface area contributed by atoms with E-state index in [4.69, 9.17) is 16.9 Å². The lowest BCUT2D eigenvalue weighted by atomic mass is 9.84. The van der Waals surface area contributed by atoms with Gasteiger partial charge < -0.3 is 10.5 Å². The molecule has 0 spiro atoms. The zero-order valence-electron chi connectivity index (χ0n) is 10.4. The number of amidine groups is 1. The highest BCUT2D eigenvalue weighted by molar-refractivity contribution is 5.73. The summed E-state index contributed by atoms with van der Waals surface area (Å²) < 4.78 is 19.2. The van der Waals surface area contributed by atoms with Crippen LogP contribution in [0.3, 0.4) is 0 Å². The van der Waals surface area contributed by atoms with Gasteiger partial charge in [0.2, 0.25) is 0 Å². The first-order chi connectivity index (χ1) is 8.47. The van der Waals surface area contributed by atoms with Crippen molar-refractivity contribution in [2.45, 2.75) is 31.9 Å². The molecule has 1 heterocycles. The zero-order valence-corrected chi connectivity index (χ0v) is 10.4. The van der Waals surface area contributed by atoms with Crippen LogP contribution in [-0.2, 0) is 10.3 Å². The largest absolute Gasteiger partial charge is 0.462 e. The van der Waals surface area contributed by atoms with E-state index in [-0.39, 0.29) is 17.9 Å². The van der Waals surface area contributed by atoms with Crippen molar-refractivity contribution in [3.8, 4) is 12.3 Å². The van der Waals surface area contributed by atoms with Crippen LogP contribution in [0.2, 0.25) is 0 Å². The minimum Gasteiger partial charge on any atom is -0.462 e. The highest BCUT2D eigenvalue weighted by Gasteiger charge is 2.38. The number of ether oxygens (including phenoxy) is 1. The summed E-state index contributed by atoms with van der Waals surface area (Å²) in [6, 6.07) is 4.81. The van der Waals surface area contributed by atoms with Gasteiger partial charge >= 0.3 is 0 Å². The van der Waals surface area contributed by atoms with E-state index in [2.05, 4.69) is 10.9 Å². The molecule has 0 amide bonds. The van der Waals surface area contributed by atoms with E-state index in [1.807, 2.05) is 13.8 Å². The van der Waals surface area contributed by atoms with Gasteiger partial charge in [0.25, 0.3) is 6.02 Å². The van der Waals surface area contributed by atoms with E-state index in [1.54, 1.807) is 12.1 Å². The third kappa shape index (κ3) is 2.04. The molecule has 1 aliphatic heterocycles. The maximum atomic E-state index is 14.0. The topological polar surface area (TPSA) is 47.6 Å². The first kappa shape index (κ1) is 12.4. The number of hydrogen-bond acceptors (Lipinski definition) is 3. The SMILES string of the molecule is C#CC1(c2cc(C)ccc2F)CC(C)OC(N)=N1. The Morgan fingerprint density at radius 2 is 2.33 bits per heavy atom. The van der Waals surface area contributed by atoms with Crippen molar-refractivity contribution in [3.05, 3.63) is 35.1 Å². The predicted molar refractivity (Wildman–Crippen MR) is 68.4 cm³/mol. The Balaban J connectivity index is 2.61. The van der Waals surface area contributed by atoms with Crippen molar-refractivity contribution in [2.75, 3.05) is 0 Å². The number of terminal acetylenes is 1. The van der Waals surface area contributed by atoms with Crippen molar-refractivity contribution in [1.82, 2.24) is 0 Å². The molecular weight excluding hydrogens is 231 g/mol. The Hall–Kier alpha value is -2.02. The summed E-state index contributed by atoms with van der Waals surface area (Å²) in [5, 5.41) is 0.